The van der Waals surface area contributed by atoms with Crippen molar-refractivity contribution in [2.75, 3.05) is 13.9 Å². The van der Waals surface area contributed by atoms with Gasteiger partial charge in [-0.1, -0.05) is 32.4 Å². The summed E-state index contributed by atoms with van der Waals surface area (Å²) in [5, 5.41) is 9.95. The van der Waals surface area contributed by atoms with E-state index in [1.165, 1.54) is 5.57 Å². The first-order chi connectivity index (χ1) is 7.02. The van der Waals surface area contributed by atoms with Crippen molar-refractivity contribution in [3.05, 3.63) is 11.6 Å². The Morgan fingerprint density at radius 1 is 1.40 bits per heavy atom. The zero-order valence-corrected chi connectivity index (χ0v) is 10.5. The van der Waals surface area contributed by atoms with E-state index in [4.69, 9.17) is 9.47 Å². The molecule has 0 saturated carbocycles. The number of ether oxygens (including phenoxy) is 2. The zero-order chi connectivity index (χ0) is 11.8. The number of allylic oxidation sites excluding steroid dienone is 1. The SMILES string of the molecule is CC/C(C)=C\[C@H](O)[C@@H](OCOC)C(C)C. The van der Waals surface area contributed by atoms with Crippen LogP contribution in [-0.2, 0) is 9.47 Å². The lowest BCUT2D eigenvalue weighted by molar-refractivity contribution is -0.118. The first-order valence-corrected chi connectivity index (χ1v) is 5.48. The largest absolute Gasteiger partial charge is 0.386 e. The van der Waals surface area contributed by atoms with Crippen LogP contribution < -0.4 is 0 Å². The molecule has 0 bridgehead atoms. The van der Waals surface area contributed by atoms with E-state index in [1.807, 2.05) is 26.8 Å². The fraction of sp³-hybridized carbons (Fsp3) is 0.833. The van der Waals surface area contributed by atoms with Gasteiger partial charge in [0.05, 0.1) is 12.2 Å². The van der Waals surface area contributed by atoms with E-state index < -0.39 is 6.10 Å². The van der Waals surface area contributed by atoms with Crippen molar-refractivity contribution in [2.24, 2.45) is 5.92 Å². The van der Waals surface area contributed by atoms with Crippen LogP contribution in [0, 0.1) is 5.92 Å². The van der Waals surface area contributed by atoms with Crippen LogP contribution >= 0.6 is 0 Å². The predicted octanol–water partition coefficient (Wildman–Crippen LogP) is 2.35. The van der Waals surface area contributed by atoms with E-state index in [0.29, 0.717) is 0 Å². The number of hydrogen-bond donors (Lipinski definition) is 1. The lowest BCUT2D eigenvalue weighted by Gasteiger charge is -2.24. The topological polar surface area (TPSA) is 38.7 Å². The van der Waals surface area contributed by atoms with Gasteiger partial charge in [0.2, 0.25) is 0 Å². The highest BCUT2D eigenvalue weighted by Gasteiger charge is 2.21. The lowest BCUT2D eigenvalue weighted by atomic mass is 9.99. The summed E-state index contributed by atoms with van der Waals surface area (Å²) >= 11 is 0. The number of aliphatic hydroxyl groups excluding tert-OH is 1. The van der Waals surface area contributed by atoms with Crippen LogP contribution in [-0.4, -0.2) is 31.2 Å². The van der Waals surface area contributed by atoms with Crippen LogP contribution in [0.2, 0.25) is 0 Å². The van der Waals surface area contributed by atoms with Gasteiger partial charge in [-0.15, -0.1) is 0 Å². The third-order valence-electron chi connectivity index (χ3n) is 2.38. The summed E-state index contributed by atoms with van der Waals surface area (Å²) in [4.78, 5) is 0. The molecule has 0 heterocycles. The Kier molecular flexibility index (Phi) is 7.65. The van der Waals surface area contributed by atoms with Gasteiger partial charge in [0, 0.05) is 7.11 Å². The van der Waals surface area contributed by atoms with E-state index in [2.05, 4.69) is 6.92 Å². The molecule has 0 aromatic rings. The second-order valence-electron chi connectivity index (χ2n) is 4.14. The summed E-state index contributed by atoms with van der Waals surface area (Å²) in [5.74, 6) is 0.260. The molecule has 0 radical (unpaired) electrons. The van der Waals surface area contributed by atoms with E-state index in [0.717, 1.165) is 6.42 Å². The van der Waals surface area contributed by atoms with Crippen molar-refractivity contribution in [1.82, 2.24) is 0 Å². The molecule has 3 heteroatoms. The van der Waals surface area contributed by atoms with Gasteiger partial charge in [0.1, 0.15) is 6.79 Å². The molecule has 0 aliphatic rings. The normalized spacial score (nSPS) is 16.9. The molecule has 0 saturated heterocycles. The fourth-order valence-electron chi connectivity index (χ4n) is 1.34. The van der Waals surface area contributed by atoms with E-state index in [9.17, 15) is 5.11 Å². The van der Waals surface area contributed by atoms with E-state index in [1.54, 1.807) is 7.11 Å². The molecule has 0 aliphatic heterocycles. The van der Waals surface area contributed by atoms with Crippen LogP contribution in [0.4, 0.5) is 0 Å². The maximum atomic E-state index is 9.95. The summed E-state index contributed by atoms with van der Waals surface area (Å²) < 4.78 is 10.3. The number of methoxy groups -OCH3 is 1. The second-order valence-corrected chi connectivity index (χ2v) is 4.14. The van der Waals surface area contributed by atoms with Gasteiger partial charge < -0.3 is 14.6 Å². The van der Waals surface area contributed by atoms with Crippen LogP contribution in [0.15, 0.2) is 11.6 Å². The Morgan fingerprint density at radius 2 is 2.00 bits per heavy atom. The van der Waals surface area contributed by atoms with Gasteiger partial charge in [-0.25, -0.2) is 0 Å². The first-order valence-electron chi connectivity index (χ1n) is 5.48. The molecule has 0 aromatic carbocycles. The highest BCUT2D eigenvalue weighted by atomic mass is 16.7. The van der Waals surface area contributed by atoms with E-state index in [-0.39, 0.29) is 18.8 Å². The minimum absolute atomic E-state index is 0.202. The summed E-state index contributed by atoms with van der Waals surface area (Å²) in [5.41, 5.74) is 1.18. The molecule has 0 rings (SSSR count). The highest BCUT2D eigenvalue weighted by molar-refractivity contribution is 5.03. The molecular formula is C12H24O3. The first kappa shape index (κ1) is 14.6. The Morgan fingerprint density at radius 3 is 2.40 bits per heavy atom. The Hall–Kier alpha value is -0.380. The maximum Gasteiger partial charge on any atom is 0.146 e. The van der Waals surface area contributed by atoms with Crippen molar-refractivity contribution >= 4 is 0 Å². The summed E-state index contributed by atoms with van der Waals surface area (Å²) in [6.45, 7) is 8.35. The second kappa shape index (κ2) is 7.85. The average molecular weight is 216 g/mol. The number of hydrogen-bond acceptors (Lipinski definition) is 3. The lowest BCUT2D eigenvalue weighted by Crippen LogP contribution is -2.33. The Bertz CT molecular complexity index is 187. The molecule has 3 nitrogen and oxygen atoms in total. The number of aliphatic hydroxyl groups is 1. The molecule has 1 N–H and O–H groups in total. The maximum absolute atomic E-state index is 9.95. The fourth-order valence-corrected chi connectivity index (χ4v) is 1.34. The molecule has 0 aliphatic carbocycles. The highest BCUT2D eigenvalue weighted by Crippen LogP contribution is 2.14. The standard InChI is InChI=1S/C12H24O3/c1-6-10(4)7-11(13)12(9(2)3)15-8-14-5/h7,9,11-13H,6,8H2,1-5H3/b10-7-/t11-,12-/m0/s1. The molecule has 0 amide bonds. The van der Waals surface area contributed by atoms with Crippen LogP contribution in [0.3, 0.4) is 0 Å². The molecular weight excluding hydrogens is 192 g/mol. The van der Waals surface area contributed by atoms with Gasteiger partial charge in [0.25, 0.3) is 0 Å². The monoisotopic (exact) mass is 216 g/mol. The average Bonchev–Trinajstić information content (AvgIpc) is 2.17. The Balaban J connectivity index is 4.34. The van der Waals surface area contributed by atoms with Crippen LogP contribution in [0.25, 0.3) is 0 Å². The third-order valence-corrected chi connectivity index (χ3v) is 2.38. The Labute approximate surface area is 93.1 Å². The van der Waals surface area contributed by atoms with Gasteiger partial charge >= 0.3 is 0 Å². The quantitative estimate of drug-likeness (QED) is 0.524. The van der Waals surface area contributed by atoms with Crippen molar-refractivity contribution in [3.63, 3.8) is 0 Å². The molecule has 0 spiro atoms. The minimum atomic E-state index is -0.555. The minimum Gasteiger partial charge on any atom is -0.386 e. The molecule has 0 unspecified atom stereocenters. The van der Waals surface area contributed by atoms with Gasteiger partial charge in [0.15, 0.2) is 0 Å². The molecule has 0 fully saturated rings. The van der Waals surface area contributed by atoms with Crippen LogP contribution in [0.1, 0.15) is 34.1 Å². The zero-order valence-electron chi connectivity index (χ0n) is 10.5. The van der Waals surface area contributed by atoms with Crippen molar-refractivity contribution in [1.29, 1.82) is 0 Å². The molecule has 15 heavy (non-hydrogen) atoms. The molecule has 0 aromatic heterocycles. The van der Waals surface area contributed by atoms with Crippen molar-refractivity contribution in [2.45, 2.75) is 46.3 Å². The predicted molar refractivity (Wildman–Crippen MR) is 61.6 cm³/mol. The van der Waals surface area contributed by atoms with Crippen molar-refractivity contribution < 1.29 is 14.6 Å². The summed E-state index contributed by atoms with van der Waals surface area (Å²) in [7, 11) is 1.58. The third kappa shape index (κ3) is 5.92. The van der Waals surface area contributed by atoms with E-state index >= 15 is 0 Å². The summed E-state index contributed by atoms with van der Waals surface area (Å²) in [6, 6.07) is 0. The van der Waals surface area contributed by atoms with Crippen LogP contribution in [0.5, 0.6) is 0 Å². The number of rotatable bonds is 7. The van der Waals surface area contributed by atoms with Gasteiger partial charge in [-0.3, -0.25) is 0 Å². The van der Waals surface area contributed by atoms with Crippen molar-refractivity contribution in [3.8, 4) is 0 Å². The van der Waals surface area contributed by atoms with Gasteiger partial charge in [-0.2, -0.15) is 0 Å². The smallest absolute Gasteiger partial charge is 0.146 e. The molecule has 2 atom stereocenters. The summed E-state index contributed by atoms with van der Waals surface area (Å²) in [6.07, 6.45) is 2.05. The van der Waals surface area contributed by atoms with Gasteiger partial charge in [-0.05, 0) is 19.3 Å². The molecule has 90 valence electrons.